The lowest BCUT2D eigenvalue weighted by Gasteiger charge is -2.07. The number of hydrogen-bond donors (Lipinski definition) is 1. The molecule has 0 aliphatic rings. The maximum atomic E-state index is 11.6. The quantitative estimate of drug-likeness (QED) is 0.601. The molecule has 0 bridgehead atoms. The van der Waals surface area contributed by atoms with Gasteiger partial charge in [-0.05, 0) is 24.1 Å². The predicted octanol–water partition coefficient (Wildman–Crippen LogP) is 4.37. The molecule has 0 spiro atoms. The number of benzene rings is 1. The second-order valence-corrected chi connectivity index (χ2v) is 5.18. The third-order valence-corrected chi connectivity index (χ3v) is 3.26. The van der Waals surface area contributed by atoms with Crippen LogP contribution >= 0.6 is 23.2 Å². The lowest BCUT2D eigenvalue weighted by Crippen LogP contribution is -2.09. The average molecular weight is 305 g/mol. The molecule has 0 aliphatic carbocycles. The van der Waals surface area contributed by atoms with Crippen molar-refractivity contribution in [3.63, 3.8) is 0 Å². The van der Waals surface area contributed by atoms with Gasteiger partial charge < -0.3 is 9.84 Å². The van der Waals surface area contributed by atoms with Crippen LogP contribution in [0, 0.1) is 0 Å². The van der Waals surface area contributed by atoms with Crippen LogP contribution in [0.15, 0.2) is 12.1 Å². The number of hydrogen-bond acceptors (Lipinski definition) is 3. The Morgan fingerprint density at radius 3 is 2.42 bits per heavy atom. The molecule has 106 valence electrons. The molecule has 0 aromatic heterocycles. The number of phenolic OH excluding ortho intramolecular Hbond substituents is 1. The van der Waals surface area contributed by atoms with Gasteiger partial charge in [-0.3, -0.25) is 4.79 Å². The van der Waals surface area contributed by atoms with E-state index >= 15 is 0 Å². The van der Waals surface area contributed by atoms with Crippen LogP contribution in [0.3, 0.4) is 0 Å². The predicted molar refractivity (Wildman–Crippen MR) is 76.9 cm³/mol. The summed E-state index contributed by atoms with van der Waals surface area (Å²) in [6, 6.07) is 3.03. The van der Waals surface area contributed by atoms with E-state index in [1.165, 1.54) is 12.1 Å². The van der Waals surface area contributed by atoms with Gasteiger partial charge in [-0.1, -0.05) is 49.4 Å². The Morgan fingerprint density at radius 1 is 1.21 bits per heavy atom. The third kappa shape index (κ3) is 5.70. The minimum Gasteiger partial charge on any atom is -0.505 e. The second-order valence-electron chi connectivity index (χ2n) is 4.37. The van der Waals surface area contributed by atoms with Gasteiger partial charge >= 0.3 is 5.97 Å². The first-order chi connectivity index (χ1) is 9.04. The molecule has 1 aromatic carbocycles. The average Bonchev–Trinajstić information content (AvgIpc) is 2.35. The van der Waals surface area contributed by atoms with E-state index in [1.807, 2.05) is 0 Å². The van der Waals surface area contributed by atoms with E-state index in [4.69, 9.17) is 27.9 Å². The van der Waals surface area contributed by atoms with Crippen LogP contribution in [-0.4, -0.2) is 17.7 Å². The van der Waals surface area contributed by atoms with Gasteiger partial charge in [-0.2, -0.15) is 0 Å². The van der Waals surface area contributed by atoms with Crippen molar-refractivity contribution in [3.8, 4) is 5.75 Å². The van der Waals surface area contributed by atoms with Crippen molar-refractivity contribution >= 4 is 29.2 Å². The Hall–Kier alpha value is -0.930. The van der Waals surface area contributed by atoms with Gasteiger partial charge in [0.2, 0.25) is 0 Å². The highest BCUT2D eigenvalue weighted by Crippen LogP contribution is 2.32. The van der Waals surface area contributed by atoms with Crippen molar-refractivity contribution in [2.45, 2.75) is 39.0 Å². The van der Waals surface area contributed by atoms with Gasteiger partial charge in [-0.25, -0.2) is 0 Å². The number of halogens is 2. The SMILES string of the molecule is CCCCCCOC(=O)Cc1cc(Cl)c(O)c(Cl)c1. The summed E-state index contributed by atoms with van der Waals surface area (Å²) >= 11 is 11.6. The molecular formula is C14H18Cl2O3. The summed E-state index contributed by atoms with van der Waals surface area (Å²) in [7, 11) is 0. The molecule has 0 saturated carbocycles. The summed E-state index contributed by atoms with van der Waals surface area (Å²) in [5.41, 5.74) is 0.631. The van der Waals surface area contributed by atoms with Crippen LogP contribution in [0.5, 0.6) is 5.75 Å². The van der Waals surface area contributed by atoms with Crippen LogP contribution in [0.2, 0.25) is 10.0 Å². The number of phenols is 1. The standard InChI is InChI=1S/C14H18Cl2O3/c1-2-3-4-5-6-19-13(17)9-10-7-11(15)14(18)12(16)8-10/h7-8,18H,2-6,9H2,1H3. The van der Waals surface area contributed by atoms with Crippen molar-refractivity contribution in [1.29, 1.82) is 0 Å². The Bertz CT molecular complexity index is 410. The van der Waals surface area contributed by atoms with Gasteiger partial charge in [0, 0.05) is 0 Å². The minimum atomic E-state index is -0.311. The number of carbonyl (C=O) groups excluding carboxylic acids is 1. The second kappa shape index (κ2) is 8.28. The van der Waals surface area contributed by atoms with Gasteiger partial charge in [-0.15, -0.1) is 0 Å². The highest BCUT2D eigenvalue weighted by molar-refractivity contribution is 6.37. The Morgan fingerprint density at radius 2 is 1.84 bits per heavy atom. The maximum absolute atomic E-state index is 11.6. The molecule has 0 saturated heterocycles. The van der Waals surface area contributed by atoms with Gasteiger partial charge in [0.15, 0.2) is 5.75 Å². The highest BCUT2D eigenvalue weighted by Gasteiger charge is 2.10. The number of unbranched alkanes of at least 4 members (excludes halogenated alkanes) is 3. The normalized spacial score (nSPS) is 10.5. The summed E-state index contributed by atoms with van der Waals surface area (Å²) in [5.74, 6) is -0.477. The largest absolute Gasteiger partial charge is 0.505 e. The Labute approximate surface area is 123 Å². The summed E-state index contributed by atoms with van der Waals surface area (Å²) in [5, 5.41) is 9.68. The number of esters is 1. The maximum Gasteiger partial charge on any atom is 0.310 e. The zero-order chi connectivity index (χ0) is 14.3. The van der Waals surface area contributed by atoms with E-state index in [2.05, 4.69) is 6.92 Å². The smallest absolute Gasteiger partial charge is 0.310 e. The number of aromatic hydroxyl groups is 1. The van der Waals surface area contributed by atoms with Crippen LogP contribution in [0.1, 0.15) is 38.2 Å². The molecule has 5 heteroatoms. The lowest BCUT2D eigenvalue weighted by atomic mass is 10.1. The first kappa shape index (κ1) is 16.1. The third-order valence-electron chi connectivity index (χ3n) is 2.69. The van der Waals surface area contributed by atoms with E-state index in [9.17, 15) is 9.90 Å². The monoisotopic (exact) mass is 304 g/mol. The minimum absolute atomic E-state index is 0.105. The van der Waals surface area contributed by atoms with Gasteiger partial charge in [0.1, 0.15) is 0 Å². The first-order valence-corrected chi connectivity index (χ1v) is 7.12. The number of ether oxygens (including phenoxy) is 1. The fourth-order valence-corrected chi connectivity index (χ4v) is 2.18. The van der Waals surface area contributed by atoms with Crippen molar-refractivity contribution in [3.05, 3.63) is 27.7 Å². The Kier molecular flexibility index (Phi) is 7.03. The van der Waals surface area contributed by atoms with E-state index in [-0.39, 0.29) is 28.2 Å². The van der Waals surface area contributed by atoms with E-state index in [0.717, 1.165) is 25.7 Å². The molecule has 0 amide bonds. The van der Waals surface area contributed by atoms with Gasteiger partial charge in [0.25, 0.3) is 0 Å². The van der Waals surface area contributed by atoms with Crippen molar-refractivity contribution in [2.75, 3.05) is 6.61 Å². The molecule has 1 N–H and O–H groups in total. The summed E-state index contributed by atoms with van der Waals surface area (Å²) in [6.07, 6.45) is 4.37. The summed E-state index contributed by atoms with van der Waals surface area (Å²) in [4.78, 5) is 11.6. The number of rotatable bonds is 7. The van der Waals surface area contributed by atoms with Crippen molar-refractivity contribution in [1.82, 2.24) is 0 Å². The molecular weight excluding hydrogens is 287 g/mol. The van der Waals surface area contributed by atoms with Crippen LogP contribution in [0.25, 0.3) is 0 Å². The lowest BCUT2D eigenvalue weighted by molar-refractivity contribution is -0.142. The molecule has 0 aliphatic heterocycles. The van der Waals surface area contributed by atoms with Crippen molar-refractivity contribution in [2.24, 2.45) is 0 Å². The fourth-order valence-electron chi connectivity index (χ4n) is 1.65. The molecule has 19 heavy (non-hydrogen) atoms. The molecule has 0 radical (unpaired) electrons. The molecule has 1 rings (SSSR count). The molecule has 0 unspecified atom stereocenters. The molecule has 0 heterocycles. The van der Waals surface area contributed by atoms with Crippen LogP contribution in [0.4, 0.5) is 0 Å². The van der Waals surface area contributed by atoms with Crippen molar-refractivity contribution < 1.29 is 14.6 Å². The summed E-state index contributed by atoms with van der Waals surface area (Å²) in [6.45, 7) is 2.57. The van der Waals surface area contributed by atoms with E-state index in [1.54, 1.807) is 0 Å². The van der Waals surface area contributed by atoms with Gasteiger partial charge in [0.05, 0.1) is 23.1 Å². The van der Waals surface area contributed by atoms with Crippen LogP contribution in [-0.2, 0) is 16.0 Å². The zero-order valence-corrected chi connectivity index (χ0v) is 12.4. The van der Waals surface area contributed by atoms with Crippen LogP contribution < -0.4 is 0 Å². The van der Waals surface area contributed by atoms with E-state index < -0.39 is 0 Å². The molecule has 0 fully saturated rings. The number of carbonyl (C=O) groups is 1. The zero-order valence-electron chi connectivity index (χ0n) is 10.9. The Balaban J connectivity index is 2.40. The topological polar surface area (TPSA) is 46.5 Å². The molecule has 0 atom stereocenters. The molecule has 3 nitrogen and oxygen atoms in total. The van der Waals surface area contributed by atoms with E-state index in [0.29, 0.717) is 12.2 Å². The fraction of sp³-hybridized carbons (Fsp3) is 0.500. The molecule has 1 aromatic rings. The summed E-state index contributed by atoms with van der Waals surface area (Å²) < 4.78 is 5.11. The first-order valence-electron chi connectivity index (χ1n) is 6.37. The highest BCUT2D eigenvalue weighted by atomic mass is 35.5.